The minimum Gasteiger partial charge on any atom is -0.391 e. The minimum atomic E-state index is -1.04. The molecular weight excluding hydrogens is 894 g/mol. The van der Waals surface area contributed by atoms with Gasteiger partial charge in [0.05, 0.1) is 33.3 Å². The number of hydrogen-bond acceptors (Lipinski definition) is 11. The van der Waals surface area contributed by atoms with Crippen molar-refractivity contribution in [1.29, 1.82) is 0 Å². The van der Waals surface area contributed by atoms with Crippen molar-refractivity contribution in [1.82, 2.24) is 40.6 Å². The Labute approximate surface area is 398 Å². The number of aliphatic hydroxyl groups excluding tert-OH is 1. The van der Waals surface area contributed by atoms with E-state index in [2.05, 4.69) is 36.1 Å². The number of nitrogens with zero attached hydrogens (tertiary/aromatic N) is 4. The molecule has 2 saturated heterocycles. The molecule has 0 unspecified atom stereocenters. The number of nitrogens with one attached hydrogen (secondary N) is 5. The number of thiazole rings is 1. The molecule has 3 aliphatic heterocycles. The third-order valence-corrected chi connectivity index (χ3v) is 13.6. The molecule has 0 saturated carbocycles. The van der Waals surface area contributed by atoms with Crippen LogP contribution in [-0.4, -0.2) is 142 Å². The number of hydrogen-bond donors (Lipinski definition) is 6. The molecule has 0 bridgehead atoms. The Morgan fingerprint density at radius 1 is 1.01 bits per heavy atom. The second kappa shape index (κ2) is 21.3. The van der Waals surface area contributed by atoms with Crippen LogP contribution in [0.2, 0.25) is 0 Å². The molecular formula is C49H60FN9O8S. The van der Waals surface area contributed by atoms with Gasteiger partial charge in [0.1, 0.15) is 31.1 Å². The van der Waals surface area contributed by atoms with Gasteiger partial charge >= 0.3 is 0 Å². The van der Waals surface area contributed by atoms with Crippen LogP contribution >= 0.6 is 11.3 Å². The predicted molar refractivity (Wildman–Crippen MR) is 256 cm³/mol. The topological polar surface area (TPSA) is 218 Å². The summed E-state index contributed by atoms with van der Waals surface area (Å²) in [5.41, 5.74) is 7.58. The zero-order valence-electron chi connectivity index (χ0n) is 39.3. The summed E-state index contributed by atoms with van der Waals surface area (Å²) in [4.78, 5) is 93.3. The molecule has 5 heterocycles. The van der Waals surface area contributed by atoms with Gasteiger partial charge in [0.25, 0.3) is 11.8 Å². The second-order valence-electron chi connectivity index (χ2n) is 18.6. The van der Waals surface area contributed by atoms with Crippen molar-refractivity contribution >= 4 is 64.1 Å². The lowest BCUT2D eigenvalue weighted by Gasteiger charge is -2.35. The quantitative estimate of drug-likeness (QED) is 0.0706. The maximum Gasteiger partial charge on any atom is 0.256 e. The summed E-state index contributed by atoms with van der Waals surface area (Å²) >= 11 is 1.56. The van der Waals surface area contributed by atoms with Gasteiger partial charge in [-0.15, -0.1) is 11.3 Å². The molecule has 3 atom stereocenters. The smallest absolute Gasteiger partial charge is 0.256 e. The zero-order chi connectivity index (χ0) is 48.9. The molecule has 2 fully saturated rings. The Balaban J connectivity index is 0.810. The molecule has 3 aliphatic rings. The Morgan fingerprint density at radius 2 is 1.75 bits per heavy atom. The highest BCUT2D eigenvalue weighted by Crippen LogP contribution is 2.35. The Bertz CT molecular complexity index is 2580. The molecule has 6 amide bonds. The summed E-state index contributed by atoms with van der Waals surface area (Å²) in [5.74, 6) is -2.81. The number of β-amino-alcohol motifs (C(OH)–C–C–N with tert-alkyl or cyclic N) is 1. The lowest BCUT2D eigenvalue weighted by atomic mass is 9.85. The number of aliphatic hydroxyl groups is 1. The predicted octanol–water partition coefficient (Wildman–Crippen LogP) is 3.79. The van der Waals surface area contributed by atoms with Crippen LogP contribution in [0.1, 0.15) is 77.7 Å². The normalized spacial score (nSPS) is 18.4. The number of amides is 6. The molecule has 68 heavy (non-hydrogen) atoms. The summed E-state index contributed by atoms with van der Waals surface area (Å²) in [7, 11) is 0. The van der Waals surface area contributed by atoms with Crippen LogP contribution in [0.4, 0.5) is 10.1 Å². The number of aromatic nitrogens is 2. The Hall–Kier alpha value is -6.28. The van der Waals surface area contributed by atoms with Crippen molar-refractivity contribution in [3.8, 4) is 10.4 Å². The highest BCUT2D eigenvalue weighted by atomic mass is 32.1. The van der Waals surface area contributed by atoms with Crippen LogP contribution in [-0.2, 0) is 35.3 Å². The van der Waals surface area contributed by atoms with Crippen molar-refractivity contribution in [2.45, 2.75) is 79.1 Å². The minimum absolute atomic E-state index is 0.0585. The highest BCUT2D eigenvalue weighted by molar-refractivity contribution is 7.13. The van der Waals surface area contributed by atoms with Crippen LogP contribution in [0, 0.1) is 32.0 Å². The lowest BCUT2D eigenvalue weighted by Crippen LogP contribution is -2.58. The number of carbonyl (C=O) groups excluding carboxylic acids is 6. The van der Waals surface area contributed by atoms with E-state index in [1.54, 1.807) is 62.4 Å². The summed E-state index contributed by atoms with van der Waals surface area (Å²) in [6.07, 6.45) is 1.46. The first kappa shape index (κ1) is 49.6. The van der Waals surface area contributed by atoms with Crippen molar-refractivity contribution in [2.24, 2.45) is 5.41 Å². The fourth-order valence-corrected chi connectivity index (χ4v) is 9.64. The van der Waals surface area contributed by atoms with Crippen molar-refractivity contribution in [3.63, 3.8) is 0 Å². The molecule has 2 aromatic carbocycles. The third kappa shape index (κ3) is 11.7. The maximum absolute atomic E-state index is 14.0. The van der Waals surface area contributed by atoms with Crippen LogP contribution < -0.4 is 21.3 Å². The molecule has 7 rings (SSSR count). The van der Waals surface area contributed by atoms with Crippen LogP contribution in [0.5, 0.6) is 0 Å². The lowest BCUT2D eigenvalue weighted by molar-refractivity contribution is -0.145. The van der Waals surface area contributed by atoms with Crippen LogP contribution in [0.15, 0.2) is 48.0 Å². The zero-order valence-corrected chi connectivity index (χ0v) is 40.1. The monoisotopic (exact) mass is 953 g/mol. The van der Waals surface area contributed by atoms with E-state index < -0.39 is 53.7 Å². The number of benzene rings is 2. The fraction of sp³-hybridized carbons (Fsp3) is 0.449. The van der Waals surface area contributed by atoms with Gasteiger partial charge in [-0.05, 0) is 80.1 Å². The number of ether oxygens (including phenoxy) is 1. The largest absolute Gasteiger partial charge is 0.391 e. The van der Waals surface area contributed by atoms with Gasteiger partial charge in [0, 0.05) is 74.9 Å². The summed E-state index contributed by atoms with van der Waals surface area (Å²) < 4.78 is 19.5. The van der Waals surface area contributed by atoms with E-state index in [1.807, 2.05) is 31.2 Å². The van der Waals surface area contributed by atoms with Gasteiger partial charge in [0.15, 0.2) is 0 Å². The number of likely N-dealkylation sites (tertiary alicyclic amines) is 1. The summed E-state index contributed by atoms with van der Waals surface area (Å²) in [5, 5.41) is 22.0. The Morgan fingerprint density at radius 3 is 2.44 bits per heavy atom. The van der Waals surface area contributed by atoms with Crippen LogP contribution in [0.25, 0.3) is 22.1 Å². The number of piperazine rings is 1. The molecule has 0 spiro atoms. The standard InChI is InChI=1S/C49H60FN9O8S/c1-28-38(22-36-35-20-33(50)12-13-37(35)55-45(36)63)54-29(2)42(28)47(65)51-14-7-15-57-16-18-58(19-17-57)41(62)26-67-25-40(61)56-44(49(4,5)6)48(66)59-24-34(60)21-39(59)46(64)52-23-31-8-10-32(11-9-31)43-30(3)53-27-68-43/h8-13,20,22,27,34,39,44,54,60H,7,14-19,21,23-26H2,1-6H3,(H,51,65)(H,52,64)(H,55,63)(H,56,61)/b36-22-/t34-,39+,44-/m1/s1. The molecule has 362 valence electrons. The van der Waals surface area contributed by atoms with Gasteiger partial charge in [-0.25, -0.2) is 9.37 Å². The first-order chi connectivity index (χ1) is 32.4. The number of aryl methyl sites for hydroxylation is 2. The van der Waals surface area contributed by atoms with Crippen molar-refractivity contribution < 1.29 is 43.0 Å². The van der Waals surface area contributed by atoms with E-state index in [9.17, 15) is 38.3 Å². The number of H-pyrrole nitrogens is 1. The molecule has 0 radical (unpaired) electrons. The van der Waals surface area contributed by atoms with Crippen molar-refractivity contribution in [2.75, 3.05) is 64.3 Å². The maximum atomic E-state index is 14.0. The molecule has 19 heteroatoms. The highest BCUT2D eigenvalue weighted by Gasteiger charge is 2.44. The number of fused-ring (bicyclic) bond motifs is 1. The van der Waals surface area contributed by atoms with Gasteiger partial charge in [-0.2, -0.15) is 0 Å². The van der Waals surface area contributed by atoms with E-state index in [0.29, 0.717) is 85.0 Å². The SMILES string of the molecule is Cc1ncsc1-c1ccc(CNC(=O)[C@@H]2C[C@@H](O)CN2C(=O)[C@@H](NC(=O)COCC(=O)N2CCN(CCCNC(=O)c3c(C)[nH]c(/C=C4\C(=O)Nc5ccc(F)cc54)c3C)CC2)C(C)(C)C)cc1. The Kier molecular flexibility index (Phi) is 15.6. The van der Waals surface area contributed by atoms with Gasteiger partial charge in [-0.3, -0.25) is 33.7 Å². The first-order valence-electron chi connectivity index (χ1n) is 22.8. The molecule has 17 nitrogen and oxygen atoms in total. The number of anilines is 1. The van der Waals surface area contributed by atoms with E-state index in [4.69, 9.17) is 4.74 Å². The molecule has 6 N–H and O–H groups in total. The van der Waals surface area contributed by atoms with Crippen molar-refractivity contribution in [3.05, 3.63) is 93.1 Å². The number of aromatic amines is 1. The summed E-state index contributed by atoms with van der Waals surface area (Å²) in [6.45, 7) is 13.6. The third-order valence-electron chi connectivity index (χ3n) is 12.6. The number of rotatable bonds is 16. The molecule has 2 aromatic heterocycles. The number of halogens is 1. The van der Waals surface area contributed by atoms with E-state index in [1.165, 1.54) is 23.1 Å². The van der Waals surface area contributed by atoms with Crippen LogP contribution in [0.3, 0.4) is 0 Å². The van der Waals surface area contributed by atoms with E-state index in [0.717, 1.165) is 21.7 Å². The average Bonchev–Trinajstić information content (AvgIpc) is 4.06. The van der Waals surface area contributed by atoms with E-state index >= 15 is 0 Å². The first-order valence-corrected chi connectivity index (χ1v) is 23.7. The average molecular weight is 954 g/mol. The van der Waals surface area contributed by atoms with E-state index in [-0.39, 0.29) is 43.8 Å². The van der Waals surface area contributed by atoms with Gasteiger partial charge < -0.3 is 45.9 Å². The summed E-state index contributed by atoms with van der Waals surface area (Å²) in [6, 6.07) is 9.93. The number of carbonyl (C=O) groups is 6. The molecule has 4 aromatic rings. The van der Waals surface area contributed by atoms with Gasteiger partial charge in [0.2, 0.25) is 23.6 Å². The molecule has 0 aliphatic carbocycles. The fourth-order valence-electron chi connectivity index (χ4n) is 8.83. The second-order valence-corrected chi connectivity index (χ2v) is 19.5. The van der Waals surface area contributed by atoms with Gasteiger partial charge in [-0.1, -0.05) is 45.0 Å².